The standard InChI is InChI=1S/C15H12N4O5S/c1-18-13-7-4-10(19(21)22)8-12(13)14(15(18)20)17-9-2-5-11(6-3-9)25(16,23)24/h2-8H,1H3,(H2,16,23,24). The summed E-state index contributed by atoms with van der Waals surface area (Å²) in [5.74, 6) is -0.411. The Balaban J connectivity index is 2.09. The highest BCUT2D eigenvalue weighted by Gasteiger charge is 2.33. The number of non-ortho nitro benzene ring substituents is 1. The third kappa shape index (κ3) is 2.99. The van der Waals surface area contributed by atoms with Gasteiger partial charge in [-0.05, 0) is 30.3 Å². The Morgan fingerprint density at radius 3 is 2.36 bits per heavy atom. The van der Waals surface area contributed by atoms with Crippen LogP contribution < -0.4 is 10.0 Å². The lowest BCUT2D eigenvalue weighted by atomic mass is 10.1. The average Bonchev–Trinajstić information content (AvgIpc) is 2.79. The molecule has 1 heterocycles. The number of hydrogen-bond acceptors (Lipinski definition) is 6. The molecule has 2 N–H and O–H groups in total. The molecule has 10 heteroatoms. The Morgan fingerprint density at radius 2 is 1.80 bits per heavy atom. The number of carbonyl (C=O) groups is 1. The summed E-state index contributed by atoms with van der Waals surface area (Å²) in [5, 5.41) is 16.0. The van der Waals surface area contributed by atoms with E-state index >= 15 is 0 Å². The minimum atomic E-state index is -3.83. The Labute approximate surface area is 142 Å². The molecule has 0 spiro atoms. The van der Waals surface area contributed by atoms with Crippen LogP contribution >= 0.6 is 0 Å². The van der Waals surface area contributed by atoms with Crippen LogP contribution in [0.5, 0.6) is 0 Å². The number of rotatable bonds is 3. The van der Waals surface area contributed by atoms with Crippen LogP contribution in [0.25, 0.3) is 0 Å². The number of anilines is 1. The fourth-order valence-corrected chi connectivity index (χ4v) is 2.97. The van der Waals surface area contributed by atoms with E-state index in [1.54, 1.807) is 7.05 Å². The maximum atomic E-state index is 12.4. The second kappa shape index (κ2) is 5.76. The maximum absolute atomic E-state index is 12.4. The number of nitrogens with two attached hydrogens (primary N) is 1. The predicted molar refractivity (Wildman–Crippen MR) is 90.5 cm³/mol. The van der Waals surface area contributed by atoms with E-state index in [-0.39, 0.29) is 16.3 Å². The minimum absolute atomic E-state index is 0.0459. The average molecular weight is 360 g/mol. The fraction of sp³-hybridized carbons (Fsp3) is 0.0667. The summed E-state index contributed by atoms with van der Waals surface area (Å²) >= 11 is 0. The van der Waals surface area contributed by atoms with Gasteiger partial charge in [0.15, 0.2) is 0 Å². The molecule has 0 radical (unpaired) electrons. The lowest BCUT2D eigenvalue weighted by Gasteiger charge is -2.07. The van der Waals surface area contributed by atoms with Crippen LogP contribution in [0.1, 0.15) is 5.56 Å². The molecule has 9 nitrogen and oxygen atoms in total. The summed E-state index contributed by atoms with van der Waals surface area (Å²) in [6, 6.07) is 9.42. The summed E-state index contributed by atoms with van der Waals surface area (Å²) in [6.45, 7) is 0. The van der Waals surface area contributed by atoms with E-state index in [9.17, 15) is 23.3 Å². The number of aliphatic imine (C=N–C) groups is 1. The molecule has 2 aromatic rings. The van der Waals surface area contributed by atoms with Crippen molar-refractivity contribution in [2.75, 3.05) is 11.9 Å². The van der Waals surface area contributed by atoms with Crippen molar-refractivity contribution < 1.29 is 18.1 Å². The van der Waals surface area contributed by atoms with E-state index < -0.39 is 20.9 Å². The van der Waals surface area contributed by atoms with Crippen molar-refractivity contribution in [3.63, 3.8) is 0 Å². The first-order valence-electron chi connectivity index (χ1n) is 6.97. The zero-order chi connectivity index (χ0) is 18.4. The van der Waals surface area contributed by atoms with Gasteiger partial charge < -0.3 is 4.90 Å². The molecule has 3 rings (SSSR count). The van der Waals surface area contributed by atoms with Crippen molar-refractivity contribution in [3.8, 4) is 0 Å². The Kier molecular flexibility index (Phi) is 3.85. The number of nitrogens with zero attached hydrogens (tertiary/aromatic N) is 3. The number of benzene rings is 2. The Hall–Kier alpha value is -3.11. The van der Waals surface area contributed by atoms with E-state index in [0.717, 1.165) is 0 Å². The van der Waals surface area contributed by atoms with Crippen LogP contribution in [0.4, 0.5) is 17.1 Å². The minimum Gasteiger partial charge on any atom is -0.309 e. The molecule has 0 bridgehead atoms. The zero-order valence-electron chi connectivity index (χ0n) is 12.9. The van der Waals surface area contributed by atoms with Gasteiger partial charge in [0, 0.05) is 24.7 Å². The number of likely N-dealkylation sites (N-methyl/N-ethyl adjacent to an activating group) is 1. The molecule has 1 aliphatic rings. The number of hydrogen-bond donors (Lipinski definition) is 1. The molecule has 0 saturated heterocycles. The van der Waals surface area contributed by atoms with Crippen LogP contribution in [-0.2, 0) is 14.8 Å². The van der Waals surface area contributed by atoms with Crippen LogP contribution in [0.2, 0.25) is 0 Å². The van der Waals surface area contributed by atoms with Crippen LogP contribution in [0.15, 0.2) is 52.4 Å². The SMILES string of the molecule is CN1C(=O)C(=Nc2ccc(S(N)(=O)=O)cc2)c2cc([N+](=O)[O-])ccc21. The van der Waals surface area contributed by atoms with Crippen LogP contribution in [0, 0.1) is 10.1 Å². The smallest absolute Gasteiger partial charge is 0.277 e. The van der Waals surface area contributed by atoms with E-state index in [2.05, 4.69) is 4.99 Å². The molecule has 1 amide bonds. The quantitative estimate of drug-likeness (QED) is 0.650. The first kappa shape index (κ1) is 16.7. The number of carbonyl (C=O) groups excluding carboxylic acids is 1. The topological polar surface area (TPSA) is 136 Å². The van der Waals surface area contributed by atoms with Gasteiger partial charge in [0.1, 0.15) is 5.71 Å². The molecular weight excluding hydrogens is 348 g/mol. The highest BCUT2D eigenvalue weighted by Crippen LogP contribution is 2.32. The maximum Gasteiger partial charge on any atom is 0.277 e. The van der Waals surface area contributed by atoms with Gasteiger partial charge in [-0.1, -0.05) is 0 Å². The lowest BCUT2D eigenvalue weighted by Crippen LogP contribution is -2.25. The molecule has 128 valence electrons. The Morgan fingerprint density at radius 1 is 1.16 bits per heavy atom. The van der Waals surface area contributed by atoms with E-state index in [4.69, 9.17) is 5.14 Å². The molecule has 0 aromatic heterocycles. The van der Waals surface area contributed by atoms with E-state index in [1.807, 2.05) is 0 Å². The fourth-order valence-electron chi connectivity index (χ4n) is 2.45. The molecule has 2 aromatic carbocycles. The number of fused-ring (bicyclic) bond motifs is 1. The largest absolute Gasteiger partial charge is 0.309 e. The van der Waals surface area contributed by atoms with Crippen LogP contribution in [0.3, 0.4) is 0 Å². The van der Waals surface area contributed by atoms with Crippen molar-refractivity contribution >= 4 is 38.7 Å². The number of nitro groups is 1. The molecule has 0 fully saturated rings. The summed E-state index contributed by atoms with van der Waals surface area (Å²) < 4.78 is 22.5. The molecule has 0 atom stereocenters. The molecule has 0 unspecified atom stereocenters. The van der Waals surface area contributed by atoms with Gasteiger partial charge in [0.2, 0.25) is 10.0 Å². The van der Waals surface area contributed by atoms with E-state index in [1.165, 1.54) is 47.4 Å². The molecular formula is C15H12N4O5S. The number of nitro benzene ring substituents is 1. The first-order chi connectivity index (χ1) is 11.7. The van der Waals surface area contributed by atoms with Crippen molar-refractivity contribution in [1.29, 1.82) is 0 Å². The summed E-state index contributed by atoms with van der Waals surface area (Å²) in [7, 11) is -2.29. The summed E-state index contributed by atoms with van der Waals surface area (Å²) in [4.78, 5) is 28.3. The highest BCUT2D eigenvalue weighted by molar-refractivity contribution is 7.89. The molecule has 1 aliphatic heterocycles. The van der Waals surface area contributed by atoms with E-state index in [0.29, 0.717) is 16.9 Å². The molecule has 0 aliphatic carbocycles. The summed E-state index contributed by atoms with van der Waals surface area (Å²) in [6.07, 6.45) is 0. The van der Waals surface area contributed by atoms with Crippen LogP contribution in [-0.4, -0.2) is 32.0 Å². The Bertz CT molecular complexity index is 1030. The number of amides is 1. The summed E-state index contributed by atoms with van der Waals surface area (Å²) in [5.41, 5.74) is 1.07. The third-order valence-electron chi connectivity index (χ3n) is 3.72. The zero-order valence-corrected chi connectivity index (χ0v) is 13.7. The number of primary sulfonamides is 1. The van der Waals surface area contributed by atoms with Crippen molar-refractivity contribution in [3.05, 3.63) is 58.1 Å². The van der Waals surface area contributed by atoms with Gasteiger partial charge in [-0.25, -0.2) is 18.5 Å². The second-order valence-corrected chi connectivity index (χ2v) is 6.88. The molecule has 25 heavy (non-hydrogen) atoms. The monoisotopic (exact) mass is 360 g/mol. The van der Waals surface area contributed by atoms with Gasteiger partial charge in [0.05, 0.1) is 21.2 Å². The van der Waals surface area contributed by atoms with Gasteiger partial charge in [-0.3, -0.25) is 14.9 Å². The van der Waals surface area contributed by atoms with Gasteiger partial charge in [0.25, 0.3) is 11.6 Å². The molecule has 0 saturated carbocycles. The predicted octanol–water partition coefficient (Wildman–Crippen LogP) is 1.34. The van der Waals surface area contributed by atoms with Gasteiger partial charge >= 0.3 is 0 Å². The van der Waals surface area contributed by atoms with Crippen molar-refractivity contribution in [2.24, 2.45) is 10.1 Å². The van der Waals surface area contributed by atoms with Crippen molar-refractivity contribution in [1.82, 2.24) is 0 Å². The third-order valence-corrected chi connectivity index (χ3v) is 4.65. The highest BCUT2D eigenvalue weighted by atomic mass is 32.2. The number of sulfonamides is 1. The van der Waals surface area contributed by atoms with Gasteiger partial charge in [-0.15, -0.1) is 0 Å². The van der Waals surface area contributed by atoms with Gasteiger partial charge in [-0.2, -0.15) is 0 Å². The normalized spacial score (nSPS) is 15.5. The first-order valence-corrected chi connectivity index (χ1v) is 8.51. The van der Waals surface area contributed by atoms with Crippen molar-refractivity contribution in [2.45, 2.75) is 4.90 Å². The lowest BCUT2D eigenvalue weighted by molar-refractivity contribution is -0.384. The second-order valence-electron chi connectivity index (χ2n) is 5.32.